The van der Waals surface area contributed by atoms with Gasteiger partial charge in [-0.15, -0.1) is 12.4 Å². The molecule has 4 heteroatoms. The lowest BCUT2D eigenvalue weighted by molar-refractivity contribution is 0.183. The number of halogens is 1. The highest BCUT2D eigenvalue weighted by atomic mass is 35.5. The first kappa shape index (κ1) is 15.9. The molecule has 3 nitrogen and oxygen atoms in total. The topological polar surface area (TPSA) is 34.4 Å². The first-order chi connectivity index (χ1) is 9.79. The molecule has 0 aliphatic carbocycles. The minimum atomic E-state index is 0. The lowest BCUT2D eigenvalue weighted by atomic mass is 9.97. The molecule has 2 heterocycles. The van der Waals surface area contributed by atoms with E-state index >= 15 is 0 Å². The van der Waals surface area contributed by atoms with E-state index < -0.39 is 0 Å². The predicted molar refractivity (Wildman–Crippen MR) is 86.2 cm³/mol. The van der Waals surface area contributed by atoms with E-state index in [-0.39, 0.29) is 18.5 Å². The number of ether oxygens (including phenoxy) is 1. The Morgan fingerprint density at radius 1 is 1.33 bits per heavy atom. The van der Waals surface area contributed by atoms with Crippen LogP contribution < -0.4 is 10.1 Å². The fourth-order valence-electron chi connectivity index (χ4n) is 2.68. The van der Waals surface area contributed by atoms with Gasteiger partial charge in [0, 0.05) is 12.1 Å². The maximum absolute atomic E-state index is 6.27. The molecule has 1 aromatic heterocycles. The van der Waals surface area contributed by atoms with E-state index in [1.807, 2.05) is 12.1 Å². The van der Waals surface area contributed by atoms with Gasteiger partial charge in [0.25, 0.3) is 0 Å². The molecule has 1 aromatic carbocycles. The summed E-state index contributed by atoms with van der Waals surface area (Å²) in [4.78, 5) is 0. The summed E-state index contributed by atoms with van der Waals surface area (Å²) in [5.74, 6) is 2.48. The fourth-order valence-corrected chi connectivity index (χ4v) is 2.68. The minimum absolute atomic E-state index is 0. The van der Waals surface area contributed by atoms with Crippen LogP contribution in [0.5, 0.6) is 5.75 Å². The third-order valence-corrected chi connectivity index (χ3v) is 4.07. The molecule has 114 valence electrons. The van der Waals surface area contributed by atoms with Crippen molar-refractivity contribution in [1.82, 2.24) is 5.32 Å². The monoisotopic (exact) mass is 307 g/mol. The molecule has 0 amide bonds. The smallest absolute Gasteiger partial charge is 0.140 e. The van der Waals surface area contributed by atoms with Gasteiger partial charge in [-0.1, -0.05) is 32.0 Å². The minimum Gasteiger partial charge on any atom is -0.484 e. The Hall–Kier alpha value is -1.45. The van der Waals surface area contributed by atoms with Crippen LogP contribution in [0.3, 0.4) is 0 Å². The first-order valence-corrected chi connectivity index (χ1v) is 7.32. The summed E-state index contributed by atoms with van der Waals surface area (Å²) in [5.41, 5.74) is 2.45. The molecule has 0 radical (unpaired) electrons. The Bertz CT molecular complexity index is 582. The number of hydrogen-bond acceptors (Lipinski definition) is 3. The first-order valence-electron chi connectivity index (χ1n) is 7.32. The van der Waals surface area contributed by atoms with Crippen molar-refractivity contribution in [2.75, 3.05) is 6.54 Å². The van der Waals surface area contributed by atoms with Crippen molar-refractivity contribution in [3.8, 4) is 5.75 Å². The molecule has 0 saturated heterocycles. The Morgan fingerprint density at radius 3 is 2.95 bits per heavy atom. The average molecular weight is 308 g/mol. The number of furan rings is 1. The second-order valence-electron chi connectivity index (χ2n) is 5.38. The summed E-state index contributed by atoms with van der Waals surface area (Å²) < 4.78 is 11.8. The van der Waals surface area contributed by atoms with Crippen LogP contribution in [0.15, 0.2) is 41.0 Å². The highest BCUT2D eigenvalue weighted by molar-refractivity contribution is 5.85. The third kappa shape index (κ3) is 3.25. The van der Waals surface area contributed by atoms with Gasteiger partial charge in [0.2, 0.25) is 0 Å². The zero-order valence-corrected chi connectivity index (χ0v) is 13.3. The van der Waals surface area contributed by atoms with Crippen molar-refractivity contribution >= 4 is 12.4 Å². The van der Waals surface area contributed by atoms with Gasteiger partial charge in [0.15, 0.2) is 0 Å². The maximum atomic E-state index is 6.27. The number of rotatable bonds is 4. The van der Waals surface area contributed by atoms with E-state index in [0.29, 0.717) is 5.92 Å². The Balaban J connectivity index is 0.00000161. The van der Waals surface area contributed by atoms with Crippen LogP contribution in [0.25, 0.3) is 0 Å². The Morgan fingerprint density at radius 2 is 2.14 bits per heavy atom. The summed E-state index contributed by atoms with van der Waals surface area (Å²) in [7, 11) is 0. The highest BCUT2D eigenvalue weighted by Crippen LogP contribution is 2.33. The normalized spacial score (nSPS) is 18.5. The van der Waals surface area contributed by atoms with Crippen molar-refractivity contribution in [3.05, 3.63) is 53.5 Å². The summed E-state index contributed by atoms with van der Waals surface area (Å²) >= 11 is 0. The zero-order valence-electron chi connectivity index (χ0n) is 12.5. The summed E-state index contributed by atoms with van der Waals surface area (Å²) in [5, 5.41) is 3.34. The lowest BCUT2D eigenvalue weighted by Gasteiger charge is -2.26. The van der Waals surface area contributed by atoms with Gasteiger partial charge in [-0.05, 0) is 30.0 Å². The van der Waals surface area contributed by atoms with E-state index in [9.17, 15) is 0 Å². The van der Waals surface area contributed by atoms with Crippen LogP contribution in [0.1, 0.15) is 49.2 Å². The predicted octanol–water partition coefficient (Wildman–Crippen LogP) is 4.44. The molecule has 1 aliphatic rings. The largest absolute Gasteiger partial charge is 0.484 e. The molecule has 21 heavy (non-hydrogen) atoms. The van der Waals surface area contributed by atoms with E-state index in [1.165, 1.54) is 11.1 Å². The number of hydrogen-bond donors (Lipinski definition) is 1. The van der Waals surface area contributed by atoms with Gasteiger partial charge in [-0.2, -0.15) is 0 Å². The molecule has 2 unspecified atom stereocenters. The molecule has 2 aromatic rings. The fraction of sp³-hybridized carbons (Fsp3) is 0.412. The van der Waals surface area contributed by atoms with Crippen molar-refractivity contribution in [3.63, 3.8) is 0 Å². The average Bonchev–Trinajstić information content (AvgIpc) is 2.96. The van der Waals surface area contributed by atoms with E-state index in [2.05, 4.69) is 37.4 Å². The van der Waals surface area contributed by atoms with Crippen LogP contribution in [0.4, 0.5) is 0 Å². The standard InChI is InChI=1S/C17H21NO2.ClH/c1-3-12(2)13-6-4-5-7-15(13)20-17-11-18-10-16-14(17)8-9-19-16;/h4-9,12,17-18H,3,10-11H2,1-2H3;1H. The van der Waals surface area contributed by atoms with Gasteiger partial charge in [0.1, 0.15) is 17.6 Å². The lowest BCUT2D eigenvalue weighted by Crippen LogP contribution is -2.30. The number of benzene rings is 1. The molecular formula is C17H22ClNO2. The second kappa shape index (κ2) is 7.01. The van der Waals surface area contributed by atoms with Crippen LogP contribution in [-0.2, 0) is 6.54 Å². The summed E-state index contributed by atoms with van der Waals surface area (Å²) in [6.45, 7) is 6.05. The summed E-state index contributed by atoms with van der Waals surface area (Å²) in [6.07, 6.45) is 2.89. The highest BCUT2D eigenvalue weighted by Gasteiger charge is 2.24. The molecular weight excluding hydrogens is 286 g/mol. The number of nitrogens with one attached hydrogen (secondary N) is 1. The Kier molecular flexibility index (Phi) is 5.32. The molecule has 0 spiro atoms. The number of fused-ring (bicyclic) bond motifs is 1. The maximum Gasteiger partial charge on any atom is 0.140 e. The van der Waals surface area contributed by atoms with Gasteiger partial charge in [0.05, 0.1) is 12.8 Å². The summed E-state index contributed by atoms with van der Waals surface area (Å²) in [6, 6.07) is 10.4. The van der Waals surface area contributed by atoms with Crippen LogP contribution in [0.2, 0.25) is 0 Å². The van der Waals surface area contributed by atoms with E-state index in [1.54, 1.807) is 6.26 Å². The van der Waals surface area contributed by atoms with Crippen molar-refractivity contribution in [2.24, 2.45) is 0 Å². The third-order valence-electron chi connectivity index (χ3n) is 4.07. The number of para-hydroxylation sites is 1. The zero-order chi connectivity index (χ0) is 13.9. The van der Waals surface area contributed by atoms with E-state index in [0.717, 1.165) is 31.0 Å². The molecule has 0 bridgehead atoms. The van der Waals surface area contributed by atoms with Crippen LogP contribution in [-0.4, -0.2) is 6.54 Å². The van der Waals surface area contributed by atoms with Gasteiger partial charge < -0.3 is 14.5 Å². The van der Waals surface area contributed by atoms with Crippen molar-refractivity contribution in [1.29, 1.82) is 0 Å². The quantitative estimate of drug-likeness (QED) is 0.907. The molecule has 2 atom stereocenters. The second-order valence-corrected chi connectivity index (χ2v) is 5.38. The van der Waals surface area contributed by atoms with Crippen molar-refractivity contribution < 1.29 is 9.15 Å². The van der Waals surface area contributed by atoms with Crippen molar-refractivity contribution in [2.45, 2.75) is 38.8 Å². The van der Waals surface area contributed by atoms with E-state index in [4.69, 9.17) is 9.15 Å². The molecule has 1 N–H and O–H groups in total. The Labute approximate surface area is 132 Å². The molecule has 3 rings (SSSR count). The molecule has 0 saturated carbocycles. The van der Waals surface area contributed by atoms with Crippen LogP contribution in [0, 0.1) is 0 Å². The molecule has 1 aliphatic heterocycles. The SMILES string of the molecule is CCC(C)c1ccccc1OC1CNCc2occc21.Cl. The van der Waals surface area contributed by atoms with Crippen LogP contribution >= 0.6 is 12.4 Å². The molecule has 0 fully saturated rings. The van der Waals surface area contributed by atoms with Gasteiger partial charge >= 0.3 is 0 Å². The van der Waals surface area contributed by atoms with Gasteiger partial charge in [-0.25, -0.2) is 0 Å². The van der Waals surface area contributed by atoms with Gasteiger partial charge in [-0.3, -0.25) is 0 Å².